The Balaban J connectivity index is 1.84. The molecule has 0 aliphatic carbocycles. The fourth-order valence-electron chi connectivity index (χ4n) is 2.61. The maximum Gasteiger partial charge on any atom is 0.125 e. The molecule has 1 atom stereocenters. The van der Waals surface area contributed by atoms with E-state index in [9.17, 15) is 0 Å². The average Bonchev–Trinajstić information content (AvgIpc) is 2.63. The molecular formula is C16H27N3. The van der Waals surface area contributed by atoms with Crippen molar-refractivity contribution in [3.05, 3.63) is 23.9 Å². The van der Waals surface area contributed by atoms with Crippen molar-refractivity contribution in [1.82, 2.24) is 9.88 Å². The van der Waals surface area contributed by atoms with Crippen molar-refractivity contribution in [2.24, 2.45) is 5.92 Å². The van der Waals surface area contributed by atoms with Crippen molar-refractivity contribution in [3.8, 4) is 0 Å². The highest BCUT2D eigenvalue weighted by molar-refractivity contribution is 5.35. The van der Waals surface area contributed by atoms with E-state index < -0.39 is 0 Å². The molecule has 0 spiro atoms. The summed E-state index contributed by atoms with van der Waals surface area (Å²) >= 11 is 0. The number of likely N-dealkylation sites (tertiary alicyclic amines) is 1. The third kappa shape index (κ3) is 4.83. The van der Waals surface area contributed by atoms with Crippen LogP contribution in [0.15, 0.2) is 18.3 Å². The molecule has 1 unspecified atom stereocenters. The second-order valence-electron chi connectivity index (χ2n) is 5.79. The fraction of sp³-hybridized carbons (Fsp3) is 0.688. The lowest BCUT2D eigenvalue weighted by atomic mass is 10.0. The molecule has 1 aliphatic rings. The quantitative estimate of drug-likeness (QED) is 0.879. The Hall–Kier alpha value is -1.09. The third-order valence-electron chi connectivity index (χ3n) is 3.90. The van der Waals surface area contributed by atoms with Crippen molar-refractivity contribution in [2.45, 2.75) is 46.1 Å². The van der Waals surface area contributed by atoms with Crippen LogP contribution < -0.4 is 5.32 Å². The van der Waals surface area contributed by atoms with Crippen molar-refractivity contribution in [3.63, 3.8) is 0 Å². The molecule has 1 saturated heterocycles. The molecule has 3 nitrogen and oxygen atoms in total. The van der Waals surface area contributed by atoms with E-state index in [4.69, 9.17) is 0 Å². The topological polar surface area (TPSA) is 28.2 Å². The lowest BCUT2D eigenvalue weighted by Gasteiger charge is -2.19. The van der Waals surface area contributed by atoms with Gasteiger partial charge >= 0.3 is 0 Å². The molecule has 2 rings (SSSR count). The van der Waals surface area contributed by atoms with E-state index >= 15 is 0 Å². The van der Waals surface area contributed by atoms with E-state index in [1.807, 2.05) is 6.20 Å². The largest absolute Gasteiger partial charge is 0.370 e. The number of nitrogens with zero attached hydrogens (tertiary/aromatic N) is 2. The summed E-state index contributed by atoms with van der Waals surface area (Å²) in [6.45, 7) is 9.06. The molecule has 0 aromatic carbocycles. The van der Waals surface area contributed by atoms with Gasteiger partial charge in [-0.3, -0.25) is 4.90 Å². The summed E-state index contributed by atoms with van der Waals surface area (Å²) < 4.78 is 0. The number of anilines is 1. The van der Waals surface area contributed by atoms with Gasteiger partial charge in [-0.15, -0.1) is 0 Å². The Morgan fingerprint density at radius 3 is 2.95 bits per heavy atom. The third-order valence-corrected chi connectivity index (χ3v) is 3.90. The van der Waals surface area contributed by atoms with Gasteiger partial charge in [-0.25, -0.2) is 4.98 Å². The molecule has 1 N–H and O–H groups in total. The van der Waals surface area contributed by atoms with Gasteiger partial charge in [0.15, 0.2) is 0 Å². The lowest BCUT2D eigenvalue weighted by molar-refractivity contribution is 0.273. The zero-order valence-electron chi connectivity index (χ0n) is 12.4. The van der Waals surface area contributed by atoms with Crippen LogP contribution >= 0.6 is 0 Å². The van der Waals surface area contributed by atoms with Crippen LogP contribution in [-0.2, 0) is 6.54 Å². The minimum atomic E-state index is 0.892. The second-order valence-corrected chi connectivity index (χ2v) is 5.79. The molecule has 2 heterocycles. The predicted octanol–water partition coefficient (Wildman–Crippen LogP) is 3.53. The summed E-state index contributed by atoms with van der Waals surface area (Å²) in [7, 11) is 0. The van der Waals surface area contributed by atoms with Crippen LogP contribution in [0, 0.1) is 5.92 Å². The van der Waals surface area contributed by atoms with Gasteiger partial charge in [0.1, 0.15) is 5.82 Å². The first-order valence-corrected chi connectivity index (χ1v) is 7.69. The van der Waals surface area contributed by atoms with Crippen LogP contribution in [0.3, 0.4) is 0 Å². The monoisotopic (exact) mass is 261 g/mol. The highest BCUT2D eigenvalue weighted by atomic mass is 15.1. The summed E-state index contributed by atoms with van der Waals surface area (Å²) in [6.07, 6.45) is 7.21. The maximum absolute atomic E-state index is 4.48. The summed E-state index contributed by atoms with van der Waals surface area (Å²) in [5.41, 5.74) is 1.33. The van der Waals surface area contributed by atoms with Gasteiger partial charge in [0.25, 0.3) is 0 Å². The zero-order chi connectivity index (χ0) is 13.5. The molecular weight excluding hydrogens is 234 g/mol. The Bertz CT molecular complexity index is 361. The first-order valence-electron chi connectivity index (χ1n) is 7.69. The molecule has 1 aliphatic heterocycles. The van der Waals surface area contributed by atoms with E-state index in [1.54, 1.807) is 0 Å². The molecule has 1 aromatic rings. The standard InChI is InChI=1S/C16H27N3/c1-3-9-17-16-7-6-15(12-18-16)13-19-10-4-5-14(2)8-11-19/h6-7,12,14H,3-5,8-11,13H2,1-2H3,(H,17,18). The molecule has 0 saturated carbocycles. The number of nitrogens with one attached hydrogen (secondary N) is 1. The van der Waals surface area contributed by atoms with Gasteiger partial charge in [0.2, 0.25) is 0 Å². The number of hydrogen-bond donors (Lipinski definition) is 1. The van der Waals surface area contributed by atoms with Crippen LogP contribution in [0.25, 0.3) is 0 Å². The highest BCUT2D eigenvalue weighted by Crippen LogP contribution is 2.18. The van der Waals surface area contributed by atoms with E-state index in [-0.39, 0.29) is 0 Å². The molecule has 0 radical (unpaired) electrons. The van der Waals surface area contributed by atoms with Crippen LogP contribution in [0.4, 0.5) is 5.82 Å². The summed E-state index contributed by atoms with van der Waals surface area (Å²) in [4.78, 5) is 7.05. The van der Waals surface area contributed by atoms with Crippen LogP contribution in [0.2, 0.25) is 0 Å². The van der Waals surface area contributed by atoms with Crippen molar-refractivity contribution in [1.29, 1.82) is 0 Å². The van der Waals surface area contributed by atoms with E-state index in [0.717, 1.165) is 31.2 Å². The normalized spacial score (nSPS) is 21.1. The van der Waals surface area contributed by atoms with Crippen LogP contribution in [0.5, 0.6) is 0 Å². The maximum atomic E-state index is 4.48. The summed E-state index contributed by atoms with van der Waals surface area (Å²) in [5, 5.41) is 3.32. The molecule has 1 fully saturated rings. The van der Waals surface area contributed by atoms with E-state index in [0.29, 0.717) is 0 Å². The molecule has 0 bridgehead atoms. The Morgan fingerprint density at radius 2 is 2.21 bits per heavy atom. The van der Waals surface area contributed by atoms with Gasteiger partial charge in [-0.1, -0.05) is 19.9 Å². The first-order chi connectivity index (χ1) is 9.28. The van der Waals surface area contributed by atoms with Gasteiger partial charge in [0, 0.05) is 19.3 Å². The first kappa shape index (κ1) is 14.3. The zero-order valence-corrected chi connectivity index (χ0v) is 12.4. The van der Waals surface area contributed by atoms with E-state index in [2.05, 4.69) is 41.2 Å². The number of pyridine rings is 1. The van der Waals surface area contributed by atoms with E-state index in [1.165, 1.54) is 37.9 Å². The Kier molecular flexibility index (Phi) is 5.64. The van der Waals surface area contributed by atoms with Gasteiger partial charge < -0.3 is 5.32 Å². The second kappa shape index (κ2) is 7.49. The van der Waals surface area contributed by atoms with Gasteiger partial charge in [-0.05, 0) is 56.3 Å². The number of aromatic nitrogens is 1. The molecule has 3 heteroatoms. The number of rotatable bonds is 5. The van der Waals surface area contributed by atoms with Crippen molar-refractivity contribution >= 4 is 5.82 Å². The fourth-order valence-corrected chi connectivity index (χ4v) is 2.61. The van der Waals surface area contributed by atoms with Crippen LogP contribution in [0.1, 0.15) is 45.1 Å². The SMILES string of the molecule is CCCNc1ccc(CN2CCCC(C)CC2)cn1. The molecule has 19 heavy (non-hydrogen) atoms. The Labute approximate surface area is 117 Å². The summed E-state index contributed by atoms with van der Waals surface area (Å²) in [6, 6.07) is 4.31. The van der Waals surface area contributed by atoms with Crippen molar-refractivity contribution in [2.75, 3.05) is 25.0 Å². The highest BCUT2D eigenvalue weighted by Gasteiger charge is 2.13. The molecule has 0 amide bonds. The summed E-state index contributed by atoms with van der Waals surface area (Å²) in [5.74, 6) is 1.89. The lowest BCUT2D eigenvalue weighted by Crippen LogP contribution is -2.24. The predicted molar refractivity (Wildman–Crippen MR) is 81.3 cm³/mol. The van der Waals surface area contributed by atoms with Gasteiger partial charge in [-0.2, -0.15) is 0 Å². The molecule has 106 valence electrons. The minimum Gasteiger partial charge on any atom is -0.370 e. The Morgan fingerprint density at radius 1 is 1.32 bits per heavy atom. The molecule has 1 aromatic heterocycles. The van der Waals surface area contributed by atoms with Crippen molar-refractivity contribution < 1.29 is 0 Å². The minimum absolute atomic E-state index is 0.892. The number of hydrogen-bond acceptors (Lipinski definition) is 3. The average molecular weight is 261 g/mol. The van der Waals surface area contributed by atoms with Crippen LogP contribution in [-0.4, -0.2) is 29.5 Å². The smallest absolute Gasteiger partial charge is 0.125 e. The van der Waals surface area contributed by atoms with Gasteiger partial charge in [0.05, 0.1) is 0 Å².